The Labute approximate surface area is 123 Å². The smallest absolute Gasteiger partial charge is 0.145 e. The number of carbonyl (C=O) groups excluding carboxylic acids is 1. The molecule has 4 nitrogen and oxygen atoms in total. The van der Waals surface area contributed by atoms with Gasteiger partial charge in [-0.2, -0.15) is 0 Å². The summed E-state index contributed by atoms with van der Waals surface area (Å²) in [6, 6.07) is 11.7. The van der Waals surface area contributed by atoms with E-state index in [1.54, 1.807) is 6.26 Å². The van der Waals surface area contributed by atoms with Crippen LogP contribution in [0, 0.1) is 5.92 Å². The Balaban J connectivity index is 1.77. The molecular weight excluding hydrogens is 266 g/mol. The summed E-state index contributed by atoms with van der Waals surface area (Å²) >= 11 is 0. The summed E-state index contributed by atoms with van der Waals surface area (Å²) in [5.41, 5.74) is 1.68. The van der Waals surface area contributed by atoms with Gasteiger partial charge < -0.3 is 14.5 Å². The molecule has 4 heteroatoms. The summed E-state index contributed by atoms with van der Waals surface area (Å²) < 4.78 is 11.4. The van der Waals surface area contributed by atoms with Crippen LogP contribution >= 0.6 is 0 Å². The highest BCUT2D eigenvalue weighted by Crippen LogP contribution is 2.45. The van der Waals surface area contributed by atoms with Crippen LogP contribution in [0.2, 0.25) is 0 Å². The maximum Gasteiger partial charge on any atom is 0.145 e. The lowest BCUT2D eigenvalue weighted by Gasteiger charge is -2.30. The first-order valence-corrected chi connectivity index (χ1v) is 7.21. The standard InChI is InChI=1S/C17H17NO3/c1-17-10-21-16(14-7-4-8-20-14)15(17)13(19)9-11-5-2-3-6-12(11)18-17/h2-8,15-16,18H,9-10H2,1H3/t15-,16-,17+/m1/s1. The summed E-state index contributed by atoms with van der Waals surface area (Å²) in [5, 5.41) is 3.53. The molecular formula is C17H17NO3. The lowest BCUT2D eigenvalue weighted by atomic mass is 9.80. The molecule has 21 heavy (non-hydrogen) atoms. The van der Waals surface area contributed by atoms with Crippen LogP contribution in [0.15, 0.2) is 47.1 Å². The van der Waals surface area contributed by atoms with E-state index in [2.05, 4.69) is 12.2 Å². The minimum atomic E-state index is -0.402. The van der Waals surface area contributed by atoms with Gasteiger partial charge in [0.2, 0.25) is 0 Å². The number of rotatable bonds is 1. The molecule has 0 amide bonds. The van der Waals surface area contributed by atoms with E-state index in [0.29, 0.717) is 13.0 Å². The Hall–Kier alpha value is -2.07. The number of furan rings is 1. The molecule has 0 spiro atoms. The van der Waals surface area contributed by atoms with Crippen LogP contribution in [0.3, 0.4) is 0 Å². The predicted molar refractivity (Wildman–Crippen MR) is 78.1 cm³/mol. The van der Waals surface area contributed by atoms with E-state index in [1.165, 1.54) is 0 Å². The summed E-state index contributed by atoms with van der Waals surface area (Å²) in [6.45, 7) is 2.55. The van der Waals surface area contributed by atoms with Crippen molar-refractivity contribution in [1.82, 2.24) is 0 Å². The number of ether oxygens (including phenoxy) is 1. The molecule has 3 heterocycles. The van der Waals surface area contributed by atoms with Crippen molar-refractivity contribution in [3.63, 3.8) is 0 Å². The molecule has 0 radical (unpaired) electrons. The third kappa shape index (κ3) is 1.90. The van der Waals surface area contributed by atoms with E-state index in [1.807, 2.05) is 36.4 Å². The fourth-order valence-corrected chi connectivity index (χ4v) is 3.52. The highest BCUT2D eigenvalue weighted by Gasteiger charge is 2.53. The number of nitrogens with one attached hydrogen (secondary N) is 1. The zero-order valence-corrected chi connectivity index (χ0v) is 11.8. The second kappa shape index (κ2) is 4.46. The average molecular weight is 283 g/mol. The lowest BCUT2D eigenvalue weighted by Crippen LogP contribution is -2.45. The number of para-hydroxylation sites is 1. The van der Waals surface area contributed by atoms with Gasteiger partial charge in [0.05, 0.1) is 24.3 Å². The van der Waals surface area contributed by atoms with Crippen molar-refractivity contribution in [3.05, 3.63) is 54.0 Å². The van der Waals surface area contributed by atoms with Crippen molar-refractivity contribution in [2.45, 2.75) is 25.0 Å². The number of carbonyl (C=O) groups is 1. The molecule has 4 rings (SSSR count). The summed E-state index contributed by atoms with van der Waals surface area (Å²) in [4.78, 5) is 12.8. The third-order valence-corrected chi connectivity index (χ3v) is 4.52. The zero-order chi connectivity index (χ0) is 14.4. The number of anilines is 1. The topological polar surface area (TPSA) is 51.5 Å². The largest absolute Gasteiger partial charge is 0.467 e. The van der Waals surface area contributed by atoms with Gasteiger partial charge in [0, 0.05) is 12.1 Å². The predicted octanol–water partition coefficient (Wildman–Crippen LogP) is 2.96. The van der Waals surface area contributed by atoms with Crippen molar-refractivity contribution in [2.75, 3.05) is 11.9 Å². The van der Waals surface area contributed by atoms with Gasteiger partial charge in [-0.25, -0.2) is 0 Å². The van der Waals surface area contributed by atoms with Crippen LogP contribution in [0.25, 0.3) is 0 Å². The van der Waals surface area contributed by atoms with E-state index in [4.69, 9.17) is 9.15 Å². The second-order valence-electron chi connectivity index (χ2n) is 6.07. The minimum Gasteiger partial charge on any atom is -0.467 e. The summed E-state index contributed by atoms with van der Waals surface area (Å²) in [7, 11) is 0. The van der Waals surface area contributed by atoms with Gasteiger partial charge in [-0.05, 0) is 30.7 Å². The van der Waals surface area contributed by atoms with Crippen LogP contribution in [0.5, 0.6) is 0 Å². The first kappa shape index (κ1) is 12.7. The number of Topliss-reactive ketones (excluding diaryl/α,β-unsaturated/α-hetero) is 1. The van der Waals surface area contributed by atoms with Gasteiger partial charge in [-0.1, -0.05) is 18.2 Å². The van der Waals surface area contributed by atoms with Gasteiger partial charge in [0.25, 0.3) is 0 Å². The number of benzene rings is 1. The molecule has 1 aromatic carbocycles. The van der Waals surface area contributed by atoms with Crippen molar-refractivity contribution in [3.8, 4) is 0 Å². The zero-order valence-electron chi connectivity index (χ0n) is 11.8. The lowest BCUT2D eigenvalue weighted by molar-refractivity contribution is -0.125. The van der Waals surface area contributed by atoms with Crippen molar-refractivity contribution >= 4 is 11.5 Å². The van der Waals surface area contributed by atoms with E-state index in [-0.39, 0.29) is 17.8 Å². The Kier molecular flexibility index (Phi) is 2.69. The van der Waals surface area contributed by atoms with Crippen LogP contribution < -0.4 is 5.32 Å². The van der Waals surface area contributed by atoms with E-state index in [9.17, 15) is 4.79 Å². The molecule has 0 saturated carbocycles. The molecule has 3 atom stereocenters. The molecule has 1 saturated heterocycles. The first-order valence-electron chi connectivity index (χ1n) is 7.21. The first-order chi connectivity index (χ1) is 10.2. The molecule has 2 aliphatic heterocycles. The van der Waals surface area contributed by atoms with Gasteiger partial charge >= 0.3 is 0 Å². The van der Waals surface area contributed by atoms with Gasteiger partial charge in [-0.3, -0.25) is 4.79 Å². The fraction of sp³-hybridized carbons (Fsp3) is 0.353. The van der Waals surface area contributed by atoms with Crippen molar-refractivity contribution < 1.29 is 13.9 Å². The molecule has 2 aromatic rings. The highest BCUT2D eigenvalue weighted by atomic mass is 16.5. The quantitative estimate of drug-likeness (QED) is 0.874. The second-order valence-corrected chi connectivity index (χ2v) is 6.07. The van der Waals surface area contributed by atoms with Crippen molar-refractivity contribution in [1.29, 1.82) is 0 Å². The maximum absolute atomic E-state index is 12.8. The summed E-state index contributed by atoms with van der Waals surface area (Å²) in [6.07, 6.45) is 1.75. The van der Waals surface area contributed by atoms with Gasteiger partial charge in [-0.15, -0.1) is 0 Å². The van der Waals surface area contributed by atoms with Crippen LogP contribution in [-0.4, -0.2) is 17.9 Å². The maximum atomic E-state index is 12.8. The van der Waals surface area contributed by atoms with Crippen LogP contribution in [-0.2, 0) is 16.0 Å². The van der Waals surface area contributed by atoms with E-state index in [0.717, 1.165) is 17.0 Å². The molecule has 1 N–H and O–H groups in total. The van der Waals surface area contributed by atoms with Gasteiger partial charge in [0.15, 0.2) is 0 Å². The SMILES string of the molecule is C[C@]12CO[C@H](c3ccco3)[C@H]1C(=O)Cc1ccccc1N2. The molecule has 0 bridgehead atoms. The van der Waals surface area contributed by atoms with E-state index < -0.39 is 5.54 Å². The Morgan fingerprint density at radius 2 is 2.10 bits per heavy atom. The molecule has 108 valence electrons. The number of fused-ring (bicyclic) bond motifs is 2. The number of hydrogen-bond acceptors (Lipinski definition) is 4. The monoisotopic (exact) mass is 283 g/mol. The minimum absolute atomic E-state index is 0.203. The normalized spacial score (nSPS) is 31.2. The fourth-order valence-electron chi connectivity index (χ4n) is 3.52. The third-order valence-electron chi connectivity index (χ3n) is 4.52. The molecule has 0 unspecified atom stereocenters. The van der Waals surface area contributed by atoms with Crippen LogP contribution in [0.4, 0.5) is 5.69 Å². The highest BCUT2D eigenvalue weighted by molar-refractivity contribution is 5.89. The molecule has 1 fully saturated rings. The average Bonchev–Trinajstić information content (AvgIpc) is 3.06. The van der Waals surface area contributed by atoms with E-state index >= 15 is 0 Å². The Morgan fingerprint density at radius 1 is 1.24 bits per heavy atom. The number of ketones is 1. The Morgan fingerprint density at radius 3 is 2.90 bits per heavy atom. The van der Waals surface area contributed by atoms with Crippen molar-refractivity contribution in [2.24, 2.45) is 5.92 Å². The Bertz CT molecular complexity index is 679. The molecule has 1 aromatic heterocycles. The molecule has 2 aliphatic rings. The molecule has 0 aliphatic carbocycles. The van der Waals surface area contributed by atoms with Crippen LogP contribution in [0.1, 0.15) is 24.4 Å². The summed E-state index contributed by atoms with van der Waals surface area (Å²) in [5.74, 6) is 0.690. The van der Waals surface area contributed by atoms with Gasteiger partial charge in [0.1, 0.15) is 17.6 Å². The number of hydrogen-bond donors (Lipinski definition) is 1.